The molecule has 0 atom stereocenters. The van der Waals surface area contributed by atoms with Gasteiger partial charge in [-0.3, -0.25) is 9.36 Å². The number of hydrogen-bond acceptors (Lipinski definition) is 3. The zero-order chi connectivity index (χ0) is 14.1. The third-order valence-corrected chi connectivity index (χ3v) is 3.42. The average Bonchev–Trinajstić information content (AvgIpc) is 2.44. The molecule has 4 heteroatoms. The highest BCUT2D eigenvalue weighted by atomic mass is 16.1. The van der Waals surface area contributed by atoms with Crippen LogP contribution in [0.1, 0.15) is 11.3 Å². The van der Waals surface area contributed by atoms with Crippen molar-refractivity contribution in [2.75, 3.05) is 5.73 Å². The highest BCUT2D eigenvalue weighted by Gasteiger charge is 2.04. The average molecular weight is 265 g/mol. The van der Waals surface area contributed by atoms with Crippen LogP contribution in [0.4, 0.5) is 5.95 Å². The van der Waals surface area contributed by atoms with Gasteiger partial charge in [-0.2, -0.15) is 0 Å². The summed E-state index contributed by atoms with van der Waals surface area (Å²) >= 11 is 0. The number of rotatable bonds is 2. The van der Waals surface area contributed by atoms with E-state index in [4.69, 9.17) is 5.73 Å². The maximum atomic E-state index is 11.7. The topological polar surface area (TPSA) is 60.9 Å². The first kappa shape index (κ1) is 12.4. The van der Waals surface area contributed by atoms with E-state index in [9.17, 15) is 4.79 Å². The van der Waals surface area contributed by atoms with E-state index in [1.807, 2.05) is 12.1 Å². The first-order valence-electron chi connectivity index (χ1n) is 6.43. The number of hydrogen-bond donors (Lipinski definition) is 1. The van der Waals surface area contributed by atoms with E-state index in [0.717, 1.165) is 5.56 Å². The molecule has 1 aromatic heterocycles. The molecule has 0 aliphatic rings. The Morgan fingerprint density at radius 1 is 1.10 bits per heavy atom. The summed E-state index contributed by atoms with van der Waals surface area (Å²) in [5.41, 5.74) is 7.40. The largest absolute Gasteiger partial charge is 0.369 e. The molecule has 2 aromatic carbocycles. The van der Waals surface area contributed by atoms with E-state index in [0.29, 0.717) is 12.1 Å². The number of benzene rings is 2. The predicted molar refractivity (Wildman–Crippen MR) is 80.6 cm³/mol. The quantitative estimate of drug-likeness (QED) is 0.772. The molecule has 100 valence electrons. The lowest BCUT2D eigenvalue weighted by Gasteiger charge is -2.06. The Kier molecular flexibility index (Phi) is 2.99. The fourth-order valence-corrected chi connectivity index (χ4v) is 2.26. The van der Waals surface area contributed by atoms with Gasteiger partial charge in [-0.1, -0.05) is 42.5 Å². The first-order chi connectivity index (χ1) is 9.63. The van der Waals surface area contributed by atoms with Crippen LogP contribution in [-0.2, 0) is 13.5 Å². The number of anilines is 1. The number of fused-ring (bicyclic) bond motifs is 1. The molecule has 0 fully saturated rings. The zero-order valence-corrected chi connectivity index (χ0v) is 11.2. The lowest BCUT2D eigenvalue weighted by molar-refractivity contribution is 0.825. The minimum absolute atomic E-state index is 0.131. The molecule has 0 bridgehead atoms. The van der Waals surface area contributed by atoms with Crippen LogP contribution in [0, 0.1) is 0 Å². The van der Waals surface area contributed by atoms with Crippen molar-refractivity contribution in [1.82, 2.24) is 9.55 Å². The molecule has 0 aliphatic carbocycles. The summed E-state index contributed by atoms with van der Waals surface area (Å²) in [6, 6.07) is 16.0. The minimum Gasteiger partial charge on any atom is -0.369 e. The van der Waals surface area contributed by atoms with Gasteiger partial charge in [-0.15, -0.1) is 0 Å². The summed E-state index contributed by atoms with van der Waals surface area (Å²) in [7, 11) is 1.62. The third-order valence-electron chi connectivity index (χ3n) is 3.42. The molecular weight excluding hydrogens is 250 g/mol. The minimum atomic E-state index is -0.131. The van der Waals surface area contributed by atoms with Gasteiger partial charge in [0.1, 0.15) is 0 Å². The van der Waals surface area contributed by atoms with Crippen LogP contribution in [0.5, 0.6) is 0 Å². The first-order valence-corrected chi connectivity index (χ1v) is 6.43. The summed E-state index contributed by atoms with van der Waals surface area (Å²) in [6.07, 6.45) is 0.602. The highest BCUT2D eigenvalue weighted by Crippen LogP contribution is 2.17. The molecule has 20 heavy (non-hydrogen) atoms. The van der Waals surface area contributed by atoms with Crippen LogP contribution in [0.2, 0.25) is 0 Å². The van der Waals surface area contributed by atoms with E-state index in [1.54, 1.807) is 7.05 Å². The maximum absolute atomic E-state index is 11.7. The number of nitrogens with zero attached hydrogens (tertiary/aromatic N) is 2. The van der Waals surface area contributed by atoms with E-state index in [1.165, 1.54) is 21.4 Å². The molecule has 4 nitrogen and oxygen atoms in total. The smallest absolute Gasteiger partial charge is 0.254 e. The predicted octanol–water partition coefficient (Wildman–Crippen LogP) is 2.11. The Bertz CT molecular complexity index is 836. The van der Waals surface area contributed by atoms with Crippen molar-refractivity contribution in [2.45, 2.75) is 6.42 Å². The maximum Gasteiger partial charge on any atom is 0.254 e. The van der Waals surface area contributed by atoms with Gasteiger partial charge in [0.15, 0.2) is 0 Å². The molecular formula is C16H15N3O. The third kappa shape index (κ3) is 2.28. The van der Waals surface area contributed by atoms with Crippen molar-refractivity contribution in [1.29, 1.82) is 0 Å². The van der Waals surface area contributed by atoms with Crippen LogP contribution in [0.15, 0.2) is 53.3 Å². The fourth-order valence-electron chi connectivity index (χ4n) is 2.26. The van der Waals surface area contributed by atoms with Gasteiger partial charge < -0.3 is 5.73 Å². The second-order valence-corrected chi connectivity index (χ2v) is 4.86. The van der Waals surface area contributed by atoms with Gasteiger partial charge in [0.25, 0.3) is 5.56 Å². The van der Waals surface area contributed by atoms with Gasteiger partial charge in [-0.25, -0.2) is 4.98 Å². The lowest BCUT2D eigenvalue weighted by atomic mass is 10.0. The summed E-state index contributed by atoms with van der Waals surface area (Å²) < 4.78 is 1.34. The SMILES string of the molecule is Cn1c(N)nc(Cc2ccc3ccccc3c2)cc1=O. The molecule has 2 N–H and O–H groups in total. The van der Waals surface area contributed by atoms with Crippen molar-refractivity contribution in [3.05, 3.63) is 70.1 Å². The van der Waals surface area contributed by atoms with E-state index < -0.39 is 0 Å². The van der Waals surface area contributed by atoms with E-state index in [-0.39, 0.29) is 11.5 Å². The molecule has 0 saturated carbocycles. The molecule has 0 radical (unpaired) electrons. The number of nitrogen functional groups attached to an aromatic ring is 1. The zero-order valence-electron chi connectivity index (χ0n) is 11.2. The Morgan fingerprint density at radius 2 is 1.85 bits per heavy atom. The van der Waals surface area contributed by atoms with Gasteiger partial charge in [0.05, 0.1) is 5.69 Å². The Hall–Kier alpha value is -2.62. The van der Waals surface area contributed by atoms with Crippen molar-refractivity contribution in [2.24, 2.45) is 7.05 Å². The Morgan fingerprint density at radius 3 is 2.60 bits per heavy atom. The van der Waals surface area contributed by atoms with Crippen LogP contribution in [0.25, 0.3) is 10.8 Å². The van der Waals surface area contributed by atoms with E-state index in [2.05, 4.69) is 35.3 Å². The van der Waals surface area contributed by atoms with Crippen LogP contribution < -0.4 is 11.3 Å². The van der Waals surface area contributed by atoms with Crippen molar-refractivity contribution < 1.29 is 0 Å². The van der Waals surface area contributed by atoms with Gasteiger partial charge in [-0.05, 0) is 16.3 Å². The molecule has 3 rings (SSSR count). The standard InChI is InChI=1S/C16H15N3O/c1-19-15(20)10-14(18-16(19)17)9-11-6-7-12-4-2-3-5-13(12)8-11/h2-8,10H,9H2,1H3,(H2,17,18). The van der Waals surface area contributed by atoms with Gasteiger partial charge in [0.2, 0.25) is 5.95 Å². The highest BCUT2D eigenvalue weighted by molar-refractivity contribution is 5.83. The molecule has 0 saturated heterocycles. The fraction of sp³-hybridized carbons (Fsp3) is 0.125. The molecule has 0 unspecified atom stereocenters. The summed E-state index contributed by atoms with van der Waals surface area (Å²) in [5, 5.41) is 2.38. The summed E-state index contributed by atoms with van der Waals surface area (Å²) in [6.45, 7) is 0. The van der Waals surface area contributed by atoms with E-state index >= 15 is 0 Å². The Labute approximate surface area is 116 Å². The van der Waals surface area contributed by atoms with Crippen LogP contribution in [0.3, 0.4) is 0 Å². The molecule has 1 heterocycles. The molecule has 3 aromatic rings. The molecule has 0 amide bonds. The molecule has 0 aliphatic heterocycles. The second-order valence-electron chi connectivity index (χ2n) is 4.86. The normalized spacial score (nSPS) is 10.8. The summed E-state index contributed by atoms with van der Waals surface area (Å²) in [4.78, 5) is 16.0. The number of nitrogens with two attached hydrogens (primary N) is 1. The van der Waals surface area contributed by atoms with Crippen molar-refractivity contribution in [3.8, 4) is 0 Å². The number of aromatic nitrogens is 2. The van der Waals surface area contributed by atoms with Gasteiger partial charge >= 0.3 is 0 Å². The lowest BCUT2D eigenvalue weighted by Crippen LogP contribution is -2.21. The van der Waals surface area contributed by atoms with Crippen molar-refractivity contribution >= 4 is 16.7 Å². The van der Waals surface area contributed by atoms with Crippen LogP contribution >= 0.6 is 0 Å². The van der Waals surface area contributed by atoms with Crippen molar-refractivity contribution in [3.63, 3.8) is 0 Å². The Balaban J connectivity index is 1.99. The van der Waals surface area contributed by atoms with Gasteiger partial charge in [0, 0.05) is 19.5 Å². The summed E-state index contributed by atoms with van der Waals surface area (Å²) in [5.74, 6) is 0.244. The monoisotopic (exact) mass is 265 g/mol. The second kappa shape index (κ2) is 4.81. The molecule has 0 spiro atoms. The van der Waals surface area contributed by atoms with Crippen LogP contribution in [-0.4, -0.2) is 9.55 Å².